The number of rotatable bonds is 5. The fraction of sp³-hybridized carbons (Fsp3) is 0.0625. The summed E-state index contributed by atoms with van der Waals surface area (Å²) in [5.74, 6) is 0.629. The van der Waals surface area contributed by atoms with E-state index in [9.17, 15) is 8.42 Å². The van der Waals surface area contributed by atoms with Crippen LogP contribution in [0.25, 0.3) is 11.5 Å². The maximum atomic E-state index is 12.3. The third-order valence-corrected chi connectivity index (χ3v) is 4.80. The number of sulfonamides is 1. The highest BCUT2D eigenvalue weighted by molar-refractivity contribution is 7.89. The number of pyridine rings is 1. The highest BCUT2D eigenvalue weighted by Gasteiger charge is 2.14. The van der Waals surface area contributed by atoms with E-state index in [1.54, 1.807) is 48.9 Å². The van der Waals surface area contributed by atoms with Crippen molar-refractivity contribution in [2.75, 3.05) is 0 Å². The summed E-state index contributed by atoms with van der Waals surface area (Å²) in [6, 6.07) is 13.2. The van der Waals surface area contributed by atoms with E-state index in [2.05, 4.69) is 9.71 Å². The summed E-state index contributed by atoms with van der Waals surface area (Å²) >= 11 is 5.83. The molecule has 0 atom stereocenters. The zero-order valence-electron chi connectivity index (χ0n) is 11.9. The van der Waals surface area contributed by atoms with Crippen molar-refractivity contribution in [3.63, 3.8) is 0 Å². The predicted octanol–water partition coefficient (Wildman–Crippen LogP) is 3.47. The number of hydrogen-bond acceptors (Lipinski definition) is 4. The molecule has 0 radical (unpaired) electrons. The molecule has 3 rings (SSSR count). The van der Waals surface area contributed by atoms with Gasteiger partial charge < -0.3 is 4.42 Å². The summed E-state index contributed by atoms with van der Waals surface area (Å²) in [6.07, 6.45) is 3.17. The molecule has 0 fully saturated rings. The Morgan fingerprint density at radius 1 is 1.13 bits per heavy atom. The van der Waals surface area contributed by atoms with Crippen LogP contribution in [0.1, 0.15) is 5.56 Å². The quantitative estimate of drug-likeness (QED) is 0.766. The topological polar surface area (TPSA) is 72.2 Å². The Morgan fingerprint density at radius 3 is 2.74 bits per heavy atom. The Morgan fingerprint density at radius 2 is 2.00 bits per heavy atom. The molecule has 3 aromatic rings. The summed E-state index contributed by atoms with van der Waals surface area (Å²) in [5.41, 5.74) is 1.42. The molecule has 0 aliphatic rings. The van der Waals surface area contributed by atoms with E-state index in [0.29, 0.717) is 16.5 Å². The molecule has 1 N–H and O–H groups in total. The molecule has 5 nitrogen and oxygen atoms in total. The summed E-state index contributed by atoms with van der Waals surface area (Å²) in [5, 5.41) is 0.372. The van der Waals surface area contributed by atoms with Gasteiger partial charge in [-0.1, -0.05) is 17.7 Å². The molecular weight excluding hydrogens is 336 g/mol. The second-order valence-electron chi connectivity index (χ2n) is 4.81. The van der Waals surface area contributed by atoms with Crippen molar-refractivity contribution >= 4 is 21.6 Å². The fourth-order valence-electron chi connectivity index (χ4n) is 2.04. The van der Waals surface area contributed by atoms with Crippen molar-refractivity contribution in [2.45, 2.75) is 11.4 Å². The first-order chi connectivity index (χ1) is 11.0. The smallest absolute Gasteiger partial charge is 0.240 e. The first-order valence-corrected chi connectivity index (χ1v) is 8.65. The van der Waals surface area contributed by atoms with E-state index >= 15 is 0 Å². The van der Waals surface area contributed by atoms with Gasteiger partial charge in [0.2, 0.25) is 10.0 Å². The van der Waals surface area contributed by atoms with E-state index in [4.69, 9.17) is 16.0 Å². The van der Waals surface area contributed by atoms with E-state index in [1.807, 2.05) is 0 Å². The summed E-state index contributed by atoms with van der Waals surface area (Å²) in [4.78, 5) is 4.34. The second-order valence-corrected chi connectivity index (χ2v) is 7.01. The largest absolute Gasteiger partial charge is 0.463 e. The van der Waals surface area contributed by atoms with Gasteiger partial charge in [0.1, 0.15) is 5.69 Å². The minimum atomic E-state index is -3.63. The minimum Gasteiger partial charge on any atom is -0.463 e. The number of nitrogens with one attached hydrogen (secondary N) is 1. The van der Waals surface area contributed by atoms with Crippen molar-refractivity contribution in [1.29, 1.82) is 0 Å². The maximum Gasteiger partial charge on any atom is 0.240 e. The molecule has 0 saturated carbocycles. The molecule has 118 valence electrons. The molecule has 1 aromatic carbocycles. The molecule has 0 amide bonds. The van der Waals surface area contributed by atoms with Gasteiger partial charge in [0.25, 0.3) is 0 Å². The molecule has 0 aliphatic carbocycles. The van der Waals surface area contributed by atoms with Crippen molar-refractivity contribution in [1.82, 2.24) is 9.71 Å². The van der Waals surface area contributed by atoms with Crippen LogP contribution in [0, 0.1) is 0 Å². The summed E-state index contributed by atoms with van der Waals surface area (Å²) < 4.78 is 32.4. The van der Waals surface area contributed by atoms with Gasteiger partial charge in [-0.15, -0.1) is 0 Å². The fourth-order valence-corrected chi connectivity index (χ4v) is 3.36. The second kappa shape index (κ2) is 6.54. The van der Waals surface area contributed by atoms with Crippen LogP contribution in [-0.2, 0) is 16.6 Å². The summed E-state index contributed by atoms with van der Waals surface area (Å²) in [7, 11) is -3.63. The van der Waals surface area contributed by atoms with Gasteiger partial charge in [-0.2, -0.15) is 0 Å². The third-order valence-electron chi connectivity index (χ3n) is 3.17. The zero-order valence-corrected chi connectivity index (χ0v) is 13.5. The highest BCUT2D eigenvalue weighted by atomic mass is 35.5. The van der Waals surface area contributed by atoms with Crippen LogP contribution in [-0.4, -0.2) is 13.4 Å². The lowest BCUT2D eigenvalue weighted by Crippen LogP contribution is -2.23. The molecule has 2 aromatic heterocycles. The van der Waals surface area contributed by atoms with Crippen LogP contribution in [0.2, 0.25) is 5.02 Å². The van der Waals surface area contributed by atoms with Crippen LogP contribution < -0.4 is 4.72 Å². The SMILES string of the molecule is O=S(=O)(NCc1ccnc(-c2ccco2)c1)c1cccc(Cl)c1. The first kappa shape index (κ1) is 15.7. The van der Waals surface area contributed by atoms with Crippen molar-refractivity contribution in [3.05, 3.63) is 71.6 Å². The van der Waals surface area contributed by atoms with Crippen molar-refractivity contribution in [3.8, 4) is 11.5 Å². The number of nitrogens with zero attached hydrogens (tertiary/aromatic N) is 1. The average Bonchev–Trinajstić information content (AvgIpc) is 3.08. The van der Waals surface area contributed by atoms with Crippen molar-refractivity contribution < 1.29 is 12.8 Å². The highest BCUT2D eigenvalue weighted by Crippen LogP contribution is 2.19. The lowest BCUT2D eigenvalue weighted by molar-refractivity contribution is 0.579. The Bertz CT molecular complexity index is 909. The lowest BCUT2D eigenvalue weighted by atomic mass is 10.2. The van der Waals surface area contributed by atoms with Gasteiger partial charge in [-0.25, -0.2) is 13.1 Å². The zero-order chi connectivity index (χ0) is 16.3. The monoisotopic (exact) mass is 348 g/mol. The normalized spacial score (nSPS) is 11.5. The van der Waals surface area contributed by atoms with Crippen LogP contribution in [0.15, 0.2) is 70.3 Å². The maximum absolute atomic E-state index is 12.3. The first-order valence-electron chi connectivity index (χ1n) is 6.79. The average molecular weight is 349 g/mol. The van der Waals surface area contributed by atoms with Crippen LogP contribution in [0.4, 0.5) is 0 Å². The van der Waals surface area contributed by atoms with Gasteiger partial charge in [-0.05, 0) is 48.0 Å². The number of aromatic nitrogens is 1. The standard InChI is InChI=1S/C16H13ClN2O3S/c17-13-3-1-4-14(10-13)23(20,21)19-11-12-6-7-18-15(9-12)16-5-2-8-22-16/h1-10,19H,11H2. The molecule has 0 aliphatic heterocycles. The van der Waals surface area contributed by atoms with Gasteiger partial charge in [0, 0.05) is 17.8 Å². The number of hydrogen-bond donors (Lipinski definition) is 1. The van der Waals surface area contributed by atoms with E-state index in [1.165, 1.54) is 12.1 Å². The van der Waals surface area contributed by atoms with Crippen LogP contribution in [0.3, 0.4) is 0 Å². The van der Waals surface area contributed by atoms with Gasteiger partial charge in [0.15, 0.2) is 5.76 Å². The molecule has 0 bridgehead atoms. The number of furan rings is 1. The van der Waals surface area contributed by atoms with E-state index in [-0.39, 0.29) is 11.4 Å². The molecule has 0 unspecified atom stereocenters. The predicted molar refractivity (Wildman–Crippen MR) is 87.4 cm³/mol. The Balaban J connectivity index is 1.77. The number of halogens is 1. The van der Waals surface area contributed by atoms with Crippen LogP contribution in [0.5, 0.6) is 0 Å². The van der Waals surface area contributed by atoms with Crippen molar-refractivity contribution in [2.24, 2.45) is 0 Å². The third kappa shape index (κ3) is 3.79. The molecule has 0 saturated heterocycles. The molecule has 23 heavy (non-hydrogen) atoms. The Hall–Kier alpha value is -2.15. The summed E-state index contributed by atoms with van der Waals surface area (Å²) in [6.45, 7) is 0.144. The van der Waals surface area contributed by atoms with E-state index in [0.717, 1.165) is 5.56 Å². The Kier molecular flexibility index (Phi) is 4.47. The molecular formula is C16H13ClN2O3S. The van der Waals surface area contributed by atoms with Gasteiger partial charge in [0.05, 0.1) is 11.2 Å². The Labute approximate surface area is 139 Å². The minimum absolute atomic E-state index is 0.130. The van der Waals surface area contributed by atoms with E-state index < -0.39 is 10.0 Å². The van der Waals surface area contributed by atoms with Gasteiger partial charge >= 0.3 is 0 Å². The number of benzene rings is 1. The molecule has 2 heterocycles. The molecule has 0 spiro atoms. The van der Waals surface area contributed by atoms with Crippen LogP contribution >= 0.6 is 11.6 Å². The van der Waals surface area contributed by atoms with Gasteiger partial charge in [-0.3, -0.25) is 4.98 Å². The molecule has 7 heteroatoms. The lowest BCUT2D eigenvalue weighted by Gasteiger charge is -2.08.